The van der Waals surface area contributed by atoms with Crippen LogP contribution in [-0.2, 0) is 9.53 Å². The standard InChI is InChI=1S/C13H14BrNO3/c1-13(2,3)18-12(16)8-17-11-6-4-5-10(14)9(11)7-15/h4-6H,8H2,1-3H3. The summed E-state index contributed by atoms with van der Waals surface area (Å²) in [6, 6.07) is 7.11. The van der Waals surface area contributed by atoms with Crippen LogP contribution in [0.2, 0.25) is 0 Å². The van der Waals surface area contributed by atoms with Gasteiger partial charge in [-0.15, -0.1) is 0 Å². The summed E-state index contributed by atoms with van der Waals surface area (Å²) >= 11 is 3.24. The van der Waals surface area contributed by atoms with Crippen LogP contribution in [-0.4, -0.2) is 18.2 Å². The topological polar surface area (TPSA) is 59.3 Å². The maximum atomic E-state index is 11.5. The van der Waals surface area contributed by atoms with Crippen molar-refractivity contribution in [2.75, 3.05) is 6.61 Å². The van der Waals surface area contributed by atoms with Gasteiger partial charge in [-0.2, -0.15) is 5.26 Å². The van der Waals surface area contributed by atoms with Gasteiger partial charge in [-0.25, -0.2) is 4.79 Å². The van der Waals surface area contributed by atoms with Crippen molar-refractivity contribution in [3.05, 3.63) is 28.2 Å². The largest absolute Gasteiger partial charge is 0.480 e. The predicted molar refractivity (Wildman–Crippen MR) is 70.2 cm³/mol. The smallest absolute Gasteiger partial charge is 0.344 e. The molecule has 1 aromatic rings. The van der Waals surface area contributed by atoms with Crippen molar-refractivity contribution in [3.8, 4) is 11.8 Å². The molecule has 0 heterocycles. The molecule has 0 aliphatic heterocycles. The van der Waals surface area contributed by atoms with E-state index in [0.717, 1.165) is 0 Å². The second-order valence-electron chi connectivity index (χ2n) is 4.60. The zero-order valence-corrected chi connectivity index (χ0v) is 12.1. The average Bonchev–Trinajstić information content (AvgIpc) is 2.24. The number of hydrogen-bond donors (Lipinski definition) is 0. The van der Waals surface area contributed by atoms with Crippen LogP contribution < -0.4 is 4.74 Å². The Bertz CT molecular complexity index is 486. The molecule has 4 nitrogen and oxygen atoms in total. The number of nitriles is 1. The molecule has 0 radical (unpaired) electrons. The monoisotopic (exact) mass is 311 g/mol. The Balaban J connectivity index is 2.68. The minimum Gasteiger partial charge on any atom is -0.480 e. The van der Waals surface area contributed by atoms with Gasteiger partial charge < -0.3 is 9.47 Å². The summed E-state index contributed by atoms with van der Waals surface area (Å²) in [6.07, 6.45) is 0. The number of hydrogen-bond acceptors (Lipinski definition) is 4. The molecule has 96 valence electrons. The number of rotatable bonds is 3. The zero-order valence-electron chi connectivity index (χ0n) is 10.5. The predicted octanol–water partition coefficient (Wildman–Crippen LogP) is 3.04. The van der Waals surface area contributed by atoms with Crippen LogP contribution in [0.15, 0.2) is 22.7 Å². The lowest BCUT2D eigenvalue weighted by Crippen LogP contribution is -2.27. The molecule has 1 aromatic carbocycles. The SMILES string of the molecule is CC(C)(C)OC(=O)COc1cccc(Br)c1C#N. The van der Waals surface area contributed by atoms with Gasteiger partial charge in [0.05, 0.1) is 0 Å². The number of halogens is 1. The first-order valence-electron chi connectivity index (χ1n) is 5.37. The number of ether oxygens (including phenoxy) is 2. The molecule has 0 bridgehead atoms. The molecule has 1 rings (SSSR count). The minimum absolute atomic E-state index is 0.220. The molecule has 0 unspecified atom stereocenters. The van der Waals surface area contributed by atoms with Crippen molar-refractivity contribution in [2.45, 2.75) is 26.4 Å². The van der Waals surface area contributed by atoms with E-state index in [1.54, 1.807) is 39.0 Å². The molecule has 0 aromatic heterocycles. The Kier molecular flexibility index (Phi) is 4.74. The molecule has 0 amide bonds. The van der Waals surface area contributed by atoms with Crippen molar-refractivity contribution >= 4 is 21.9 Å². The van der Waals surface area contributed by atoms with Crippen LogP contribution in [0.25, 0.3) is 0 Å². The van der Waals surface area contributed by atoms with Crippen molar-refractivity contribution in [3.63, 3.8) is 0 Å². The zero-order chi connectivity index (χ0) is 13.8. The molecule has 0 saturated carbocycles. The summed E-state index contributed by atoms with van der Waals surface area (Å²) in [5.74, 6) is -0.107. The lowest BCUT2D eigenvalue weighted by atomic mass is 10.2. The fourth-order valence-corrected chi connectivity index (χ4v) is 1.68. The lowest BCUT2D eigenvalue weighted by molar-refractivity contribution is -0.157. The molecule has 0 aliphatic carbocycles. The number of nitrogens with zero attached hydrogens (tertiary/aromatic N) is 1. The highest BCUT2D eigenvalue weighted by atomic mass is 79.9. The van der Waals surface area contributed by atoms with E-state index in [2.05, 4.69) is 15.9 Å². The third-order valence-corrected chi connectivity index (χ3v) is 2.51. The van der Waals surface area contributed by atoms with Gasteiger partial charge in [-0.3, -0.25) is 0 Å². The van der Waals surface area contributed by atoms with E-state index in [0.29, 0.717) is 15.8 Å². The highest BCUT2D eigenvalue weighted by Crippen LogP contribution is 2.25. The van der Waals surface area contributed by atoms with Crippen LogP contribution in [0.5, 0.6) is 5.75 Å². The molecule has 0 N–H and O–H groups in total. The van der Waals surface area contributed by atoms with E-state index in [1.807, 2.05) is 6.07 Å². The number of carbonyl (C=O) groups excluding carboxylic acids is 1. The quantitative estimate of drug-likeness (QED) is 0.805. The van der Waals surface area contributed by atoms with Gasteiger partial charge in [0.25, 0.3) is 0 Å². The molecule has 18 heavy (non-hydrogen) atoms. The molecule has 5 heteroatoms. The molecule has 0 spiro atoms. The summed E-state index contributed by atoms with van der Waals surface area (Å²) < 4.78 is 11.0. The summed E-state index contributed by atoms with van der Waals surface area (Å²) in [7, 11) is 0. The van der Waals surface area contributed by atoms with E-state index >= 15 is 0 Å². The molecule has 0 saturated heterocycles. The van der Waals surface area contributed by atoms with Gasteiger partial charge >= 0.3 is 5.97 Å². The summed E-state index contributed by atoms with van der Waals surface area (Å²) in [4.78, 5) is 11.5. The van der Waals surface area contributed by atoms with E-state index < -0.39 is 11.6 Å². The van der Waals surface area contributed by atoms with Gasteiger partial charge in [0.2, 0.25) is 0 Å². The van der Waals surface area contributed by atoms with Gasteiger partial charge in [0, 0.05) is 4.47 Å². The third-order valence-electron chi connectivity index (χ3n) is 1.85. The number of carbonyl (C=O) groups is 1. The van der Waals surface area contributed by atoms with E-state index in [1.165, 1.54) is 0 Å². The molecule has 0 fully saturated rings. The van der Waals surface area contributed by atoms with Crippen molar-refractivity contribution < 1.29 is 14.3 Å². The first-order valence-corrected chi connectivity index (χ1v) is 6.16. The maximum Gasteiger partial charge on any atom is 0.344 e. The Labute approximate surface area is 115 Å². The fraction of sp³-hybridized carbons (Fsp3) is 0.385. The molecule has 0 aliphatic rings. The average molecular weight is 312 g/mol. The Morgan fingerprint density at radius 1 is 1.44 bits per heavy atom. The first kappa shape index (κ1) is 14.5. The van der Waals surface area contributed by atoms with Crippen LogP contribution in [0, 0.1) is 11.3 Å². The van der Waals surface area contributed by atoms with Gasteiger partial charge in [0.15, 0.2) is 6.61 Å². The lowest BCUT2D eigenvalue weighted by Gasteiger charge is -2.19. The fourth-order valence-electron chi connectivity index (χ4n) is 1.24. The van der Waals surface area contributed by atoms with Crippen molar-refractivity contribution in [1.82, 2.24) is 0 Å². The Hall–Kier alpha value is -1.54. The second kappa shape index (κ2) is 5.87. The first-order chi connectivity index (χ1) is 8.33. The molecule has 0 atom stereocenters. The maximum absolute atomic E-state index is 11.5. The Morgan fingerprint density at radius 2 is 2.11 bits per heavy atom. The van der Waals surface area contributed by atoms with E-state index in [4.69, 9.17) is 14.7 Å². The molecular weight excluding hydrogens is 298 g/mol. The summed E-state index contributed by atoms with van der Waals surface area (Å²) in [5.41, 5.74) is -0.184. The highest BCUT2D eigenvalue weighted by molar-refractivity contribution is 9.10. The third kappa shape index (κ3) is 4.38. The molecular formula is C13H14BrNO3. The van der Waals surface area contributed by atoms with Crippen molar-refractivity contribution in [2.24, 2.45) is 0 Å². The van der Waals surface area contributed by atoms with Crippen LogP contribution in [0.3, 0.4) is 0 Å². The van der Waals surface area contributed by atoms with Gasteiger partial charge in [-0.05, 0) is 48.8 Å². The number of esters is 1. The van der Waals surface area contributed by atoms with E-state index in [9.17, 15) is 4.79 Å². The summed E-state index contributed by atoms with van der Waals surface area (Å²) in [5, 5.41) is 8.97. The highest BCUT2D eigenvalue weighted by Gasteiger charge is 2.17. The second-order valence-corrected chi connectivity index (χ2v) is 5.45. The Morgan fingerprint density at radius 3 is 2.67 bits per heavy atom. The normalized spacial score (nSPS) is 10.6. The van der Waals surface area contributed by atoms with Crippen LogP contribution in [0.1, 0.15) is 26.3 Å². The summed E-state index contributed by atoms with van der Waals surface area (Å²) in [6.45, 7) is 5.13. The minimum atomic E-state index is -0.546. The van der Waals surface area contributed by atoms with Gasteiger partial charge in [-0.1, -0.05) is 6.07 Å². The number of benzene rings is 1. The van der Waals surface area contributed by atoms with Crippen molar-refractivity contribution in [1.29, 1.82) is 5.26 Å². The van der Waals surface area contributed by atoms with Crippen LogP contribution in [0.4, 0.5) is 0 Å². The van der Waals surface area contributed by atoms with E-state index in [-0.39, 0.29) is 6.61 Å². The van der Waals surface area contributed by atoms with Crippen LogP contribution >= 0.6 is 15.9 Å². The van der Waals surface area contributed by atoms with Gasteiger partial charge in [0.1, 0.15) is 23.0 Å².